The third-order valence-electron chi connectivity index (χ3n) is 2.75. The molecule has 0 spiro atoms. The van der Waals surface area contributed by atoms with Crippen molar-refractivity contribution in [2.75, 3.05) is 0 Å². The van der Waals surface area contributed by atoms with Crippen molar-refractivity contribution in [3.63, 3.8) is 0 Å². The lowest BCUT2D eigenvalue weighted by molar-refractivity contribution is 0.889. The highest BCUT2D eigenvalue weighted by molar-refractivity contribution is 9.10. The van der Waals surface area contributed by atoms with Gasteiger partial charge in [0.25, 0.3) is 5.56 Å². The van der Waals surface area contributed by atoms with E-state index in [9.17, 15) is 4.79 Å². The Hall–Kier alpha value is -1.30. The van der Waals surface area contributed by atoms with Crippen LogP contribution in [0.4, 0.5) is 0 Å². The number of hydrogen-bond acceptors (Lipinski definition) is 2. The Labute approximate surface area is 126 Å². The number of halogens is 3. The van der Waals surface area contributed by atoms with Gasteiger partial charge < -0.3 is 4.98 Å². The molecule has 2 aromatic heterocycles. The smallest absolute Gasteiger partial charge is 0.276 e. The standard InChI is InChI=1S/C12H6BrCl2N3O/c13-9-8(6-1-3-7(14)4-2-6)11(15)18-10(9)12(19)16-5-17-18/h1-5H,(H,16,17,19). The summed E-state index contributed by atoms with van der Waals surface area (Å²) in [6, 6.07) is 7.20. The number of hydrogen-bond donors (Lipinski definition) is 1. The third-order valence-corrected chi connectivity index (χ3v) is 4.12. The van der Waals surface area contributed by atoms with Gasteiger partial charge in [-0.2, -0.15) is 5.10 Å². The predicted octanol–water partition coefficient (Wildman–Crippen LogP) is 3.76. The first-order chi connectivity index (χ1) is 9.09. The van der Waals surface area contributed by atoms with Gasteiger partial charge in [-0.3, -0.25) is 4.79 Å². The van der Waals surface area contributed by atoms with Gasteiger partial charge in [0.1, 0.15) is 17.0 Å². The number of nitrogens with zero attached hydrogens (tertiary/aromatic N) is 2. The SMILES string of the molecule is O=c1[nH]cnn2c(Cl)c(-c3ccc(Cl)cc3)c(Br)c12. The number of fused-ring (bicyclic) bond motifs is 1. The predicted molar refractivity (Wildman–Crippen MR) is 79.0 cm³/mol. The molecule has 0 aliphatic rings. The quantitative estimate of drug-likeness (QED) is 0.720. The Morgan fingerprint density at radius 2 is 1.89 bits per heavy atom. The molecule has 0 bridgehead atoms. The summed E-state index contributed by atoms with van der Waals surface area (Å²) in [5.74, 6) is 0. The maximum atomic E-state index is 11.8. The zero-order valence-corrected chi connectivity index (χ0v) is 12.4. The molecule has 1 aromatic carbocycles. The summed E-state index contributed by atoms with van der Waals surface area (Å²) in [6.45, 7) is 0. The number of nitrogens with one attached hydrogen (secondary N) is 1. The fourth-order valence-electron chi connectivity index (χ4n) is 1.89. The summed E-state index contributed by atoms with van der Waals surface area (Å²) in [4.78, 5) is 14.3. The molecule has 0 unspecified atom stereocenters. The molecule has 0 radical (unpaired) electrons. The minimum atomic E-state index is -0.260. The van der Waals surface area contributed by atoms with Crippen molar-refractivity contribution in [1.82, 2.24) is 14.6 Å². The van der Waals surface area contributed by atoms with Crippen molar-refractivity contribution in [3.8, 4) is 11.1 Å². The second-order valence-corrected chi connectivity index (χ2v) is 5.45. The molecule has 96 valence electrons. The summed E-state index contributed by atoms with van der Waals surface area (Å²) in [6.07, 6.45) is 1.30. The minimum absolute atomic E-state index is 0.260. The maximum Gasteiger partial charge on any atom is 0.276 e. The lowest BCUT2D eigenvalue weighted by atomic mass is 10.1. The summed E-state index contributed by atoms with van der Waals surface area (Å²) < 4.78 is 2.00. The molecule has 4 nitrogen and oxygen atoms in total. The van der Waals surface area contributed by atoms with E-state index in [0.29, 0.717) is 25.7 Å². The Bertz CT molecular complexity index is 823. The van der Waals surface area contributed by atoms with Crippen LogP contribution in [0.1, 0.15) is 0 Å². The molecule has 1 N–H and O–H groups in total. The molecular weight excluding hydrogens is 353 g/mol. The van der Waals surface area contributed by atoms with Gasteiger partial charge in [0, 0.05) is 10.6 Å². The van der Waals surface area contributed by atoms with E-state index >= 15 is 0 Å². The number of H-pyrrole nitrogens is 1. The summed E-state index contributed by atoms with van der Waals surface area (Å²) in [5, 5.41) is 5.04. The van der Waals surface area contributed by atoms with E-state index in [-0.39, 0.29) is 5.56 Å². The molecule has 7 heteroatoms. The van der Waals surface area contributed by atoms with Crippen molar-refractivity contribution in [2.24, 2.45) is 0 Å². The second-order valence-electron chi connectivity index (χ2n) is 3.87. The first kappa shape index (κ1) is 12.7. The van der Waals surface area contributed by atoms with Crippen molar-refractivity contribution in [3.05, 3.63) is 55.6 Å². The van der Waals surface area contributed by atoms with Gasteiger partial charge >= 0.3 is 0 Å². The van der Waals surface area contributed by atoms with E-state index in [4.69, 9.17) is 23.2 Å². The topological polar surface area (TPSA) is 50.2 Å². The molecule has 19 heavy (non-hydrogen) atoms. The van der Waals surface area contributed by atoms with Crippen LogP contribution in [0.25, 0.3) is 16.6 Å². The Balaban J connectivity index is 2.39. The van der Waals surface area contributed by atoms with Gasteiger partial charge in [0.05, 0.1) is 4.47 Å². The molecule has 0 aliphatic carbocycles. The zero-order valence-electron chi connectivity index (χ0n) is 9.32. The van der Waals surface area contributed by atoms with E-state index in [1.54, 1.807) is 12.1 Å². The fraction of sp³-hybridized carbons (Fsp3) is 0. The highest BCUT2D eigenvalue weighted by Crippen LogP contribution is 2.38. The van der Waals surface area contributed by atoms with Gasteiger partial charge in [0.2, 0.25) is 0 Å². The van der Waals surface area contributed by atoms with Crippen molar-refractivity contribution in [1.29, 1.82) is 0 Å². The molecule has 3 aromatic rings. The fourth-order valence-corrected chi connectivity index (χ4v) is 3.22. The molecule has 0 saturated heterocycles. The minimum Gasteiger partial charge on any atom is -0.310 e. The molecule has 3 rings (SSSR count). The van der Waals surface area contributed by atoms with Gasteiger partial charge in [-0.15, -0.1) is 0 Å². The van der Waals surface area contributed by atoms with Crippen molar-refractivity contribution >= 4 is 44.6 Å². The maximum absolute atomic E-state index is 11.8. The van der Waals surface area contributed by atoms with E-state index in [1.165, 1.54) is 10.8 Å². The summed E-state index contributed by atoms with van der Waals surface area (Å²) in [7, 11) is 0. The van der Waals surface area contributed by atoms with E-state index in [0.717, 1.165) is 5.56 Å². The van der Waals surface area contributed by atoms with Crippen LogP contribution in [0.15, 0.2) is 39.9 Å². The number of benzene rings is 1. The van der Waals surface area contributed by atoms with Gasteiger partial charge in [-0.1, -0.05) is 35.3 Å². The van der Waals surface area contributed by atoms with Crippen LogP contribution in [-0.4, -0.2) is 14.6 Å². The van der Waals surface area contributed by atoms with Crippen molar-refractivity contribution < 1.29 is 0 Å². The molecule has 0 aliphatic heterocycles. The average molecular weight is 359 g/mol. The van der Waals surface area contributed by atoms with E-state index < -0.39 is 0 Å². The summed E-state index contributed by atoms with van der Waals surface area (Å²) >= 11 is 15.6. The lowest BCUT2D eigenvalue weighted by Gasteiger charge is -2.00. The van der Waals surface area contributed by atoms with Crippen LogP contribution >= 0.6 is 39.1 Å². The molecule has 0 amide bonds. The van der Waals surface area contributed by atoms with E-state index in [1.807, 2.05) is 12.1 Å². The molecule has 0 atom stereocenters. The van der Waals surface area contributed by atoms with Gasteiger partial charge in [-0.25, -0.2) is 4.52 Å². The van der Waals surface area contributed by atoms with Crippen molar-refractivity contribution in [2.45, 2.75) is 0 Å². The first-order valence-corrected chi connectivity index (χ1v) is 6.84. The average Bonchev–Trinajstić information content (AvgIpc) is 2.65. The zero-order chi connectivity index (χ0) is 13.6. The second kappa shape index (κ2) is 4.67. The normalized spacial score (nSPS) is 11.1. The van der Waals surface area contributed by atoms with Crippen LogP contribution in [0, 0.1) is 0 Å². The lowest BCUT2D eigenvalue weighted by Crippen LogP contribution is -2.10. The first-order valence-electron chi connectivity index (χ1n) is 5.29. The molecule has 0 saturated carbocycles. The monoisotopic (exact) mass is 357 g/mol. The Morgan fingerprint density at radius 1 is 1.21 bits per heavy atom. The highest BCUT2D eigenvalue weighted by Gasteiger charge is 2.19. The Morgan fingerprint density at radius 3 is 2.53 bits per heavy atom. The van der Waals surface area contributed by atoms with Crippen LogP contribution in [-0.2, 0) is 0 Å². The van der Waals surface area contributed by atoms with Gasteiger partial charge in [0.15, 0.2) is 0 Å². The van der Waals surface area contributed by atoms with E-state index in [2.05, 4.69) is 26.0 Å². The van der Waals surface area contributed by atoms with Crippen LogP contribution < -0.4 is 5.56 Å². The largest absolute Gasteiger partial charge is 0.310 e. The number of aromatic amines is 1. The summed E-state index contributed by atoms with van der Waals surface area (Å²) in [5.41, 5.74) is 1.68. The molecule has 2 heterocycles. The number of aromatic nitrogens is 3. The molecule has 0 fully saturated rings. The van der Waals surface area contributed by atoms with Crippen LogP contribution in [0.2, 0.25) is 10.2 Å². The Kier molecular flexibility index (Phi) is 3.12. The van der Waals surface area contributed by atoms with Crippen LogP contribution in [0.3, 0.4) is 0 Å². The third kappa shape index (κ3) is 1.98. The van der Waals surface area contributed by atoms with Crippen LogP contribution in [0.5, 0.6) is 0 Å². The highest BCUT2D eigenvalue weighted by atomic mass is 79.9. The number of rotatable bonds is 1. The van der Waals surface area contributed by atoms with Gasteiger partial charge in [-0.05, 0) is 33.6 Å². The molecular formula is C12H6BrCl2N3O.